The molecule has 1 saturated heterocycles. The molecule has 4 fully saturated rings. The maximum atomic E-state index is 12.3. The van der Waals surface area contributed by atoms with Gasteiger partial charge in [0.2, 0.25) is 5.91 Å². The first-order valence-electron chi connectivity index (χ1n) is 9.83. The lowest BCUT2D eigenvalue weighted by Crippen LogP contribution is -2.63. The number of fused-ring (bicyclic) bond motifs is 5. The van der Waals surface area contributed by atoms with Crippen LogP contribution in [0.25, 0.3) is 0 Å². The van der Waals surface area contributed by atoms with E-state index in [9.17, 15) is 9.59 Å². The smallest absolute Gasteiger partial charge is 0.309 e. The Bertz CT molecular complexity index is 595. The number of alkyl halides is 1. The average molecular weight is 412 g/mol. The molecule has 0 aromatic carbocycles. The molecule has 8 atom stereocenters. The Morgan fingerprint density at radius 1 is 1.12 bits per heavy atom. The largest absolute Gasteiger partial charge is 0.469 e. The van der Waals surface area contributed by atoms with Crippen LogP contribution in [0.3, 0.4) is 0 Å². The van der Waals surface area contributed by atoms with Gasteiger partial charge in [-0.15, -0.1) is 0 Å². The van der Waals surface area contributed by atoms with E-state index >= 15 is 0 Å². The summed E-state index contributed by atoms with van der Waals surface area (Å²) in [6, 6.07) is 0.317. The molecule has 140 valence electrons. The van der Waals surface area contributed by atoms with Crippen molar-refractivity contribution in [2.24, 2.45) is 34.5 Å². The molecule has 3 aliphatic carbocycles. The standard InChI is InChI=1S/C20H30BrNO3/c1-19-9-8-13-11(12(19)5-6-14(19)18(24)25-3)4-7-16-20(13,2)10-15(21)17(23)22-16/h11-16H,4-10H2,1-3H3,(H,22,23)/t11-,12-,13-,14+,15?,16+,19-,20+/m0/s1. The van der Waals surface area contributed by atoms with Crippen molar-refractivity contribution in [3.05, 3.63) is 0 Å². The minimum atomic E-state index is -0.0628. The lowest BCUT2D eigenvalue weighted by atomic mass is 9.47. The maximum Gasteiger partial charge on any atom is 0.309 e. The molecular formula is C20H30BrNO3. The Morgan fingerprint density at radius 3 is 2.56 bits per heavy atom. The van der Waals surface area contributed by atoms with Gasteiger partial charge in [-0.2, -0.15) is 0 Å². The molecular weight excluding hydrogens is 382 g/mol. The van der Waals surface area contributed by atoms with Gasteiger partial charge in [0.15, 0.2) is 0 Å². The molecule has 1 unspecified atom stereocenters. The van der Waals surface area contributed by atoms with Crippen LogP contribution >= 0.6 is 15.9 Å². The van der Waals surface area contributed by atoms with E-state index in [1.54, 1.807) is 0 Å². The summed E-state index contributed by atoms with van der Waals surface area (Å²) >= 11 is 3.60. The first kappa shape index (κ1) is 17.8. The van der Waals surface area contributed by atoms with Crippen molar-refractivity contribution in [1.29, 1.82) is 0 Å². The molecule has 1 amide bonds. The predicted molar refractivity (Wildman–Crippen MR) is 99.2 cm³/mol. The second-order valence-electron chi connectivity index (χ2n) is 9.39. The van der Waals surface area contributed by atoms with Crippen molar-refractivity contribution in [3.8, 4) is 0 Å². The van der Waals surface area contributed by atoms with E-state index in [0.717, 1.165) is 32.1 Å². The molecule has 0 radical (unpaired) electrons. The summed E-state index contributed by atoms with van der Waals surface area (Å²) in [5, 5.41) is 3.29. The fourth-order valence-electron chi connectivity index (χ4n) is 7.26. The number of nitrogens with one attached hydrogen (secondary N) is 1. The summed E-state index contributed by atoms with van der Waals surface area (Å²) < 4.78 is 5.12. The normalized spacial score (nSPS) is 51.8. The molecule has 0 bridgehead atoms. The third-order valence-electron chi connectivity index (χ3n) is 8.57. The van der Waals surface area contributed by atoms with Crippen LogP contribution in [0.4, 0.5) is 0 Å². The molecule has 1 heterocycles. The van der Waals surface area contributed by atoms with Crippen LogP contribution in [0.15, 0.2) is 0 Å². The zero-order valence-electron chi connectivity index (χ0n) is 15.5. The van der Waals surface area contributed by atoms with Crippen LogP contribution in [0.1, 0.15) is 58.8 Å². The number of amides is 1. The van der Waals surface area contributed by atoms with Crippen molar-refractivity contribution in [3.63, 3.8) is 0 Å². The van der Waals surface area contributed by atoms with E-state index in [1.165, 1.54) is 20.0 Å². The fraction of sp³-hybridized carbons (Fsp3) is 0.900. The number of carbonyl (C=O) groups is 2. The zero-order valence-corrected chi connectivity index (χ0v) is 17.1. The highest BCUT2D eigenvalue weighted by Gasteiger charge is 2.62. The van der Waals surface area contributed by atoms with Gasteiger partial charge in [0, 0.05) is 6.04 Å². The Hall–Kier alpha value is -0.580. The highest BCUT2D eigenvalue weighted by molar-refractivity contribution is 9.10. The monoisotopic (exact) mass is 411 g/mol. The van der Waals surface area contributed by atoms with Crippen LogP contribution in [-0.4, -0.2) is 29.9 Å². The van der Waals surface area contributed by atoms with Crippen LogP contribution in [-0.2, 0) is 14.3 Å². The highest BCUT2D eigenvalue weighted by Crippen LogP contribution is 2.65. The molecule has 4 nitrogen and oxygen atoms in total. The molecule has 0 aromatic heterocycles. The summed E-state index contributed by atoms with van der Waals surface area (Å²) in [5.74, 6) is 2.19. The number of methoxy groups -OCH3 is 1. The predicted octanol–water partition coefficient (Wildman–Crippen LogP) is 3.67. The first-order valence-corrected chi connectivity index (χ1v) is 10.7. The quantitative estimate of drug-likeness (QED) is 0.528. The molecule has 4 aliphatic rings. The van der Waals surface area contributed by atoms with Gasteiger partial charge < -0.3 is 10.1 Å². The molecule has 5 heteroatoms. The van der Waals surface area contributed by atoms with E-state index in [2.05, 4.69) is 35.1 Å². The Labute approximate surface area is 159 Å². The Morgan fingerprint density at radius 2 is 1.84 bits per heavy atom. The van der Waals surface area contributed by atoms with Crippen molar-refractivity contribution in [2.45, 2.75) is 69.7 Å². The van der Waals surface area contributed by atoms with Crippen LogP contribution in [0.2, 0.25) is 0 Å². The second-order valence-corrected chi connectivity index (χ2v) is 10.5. The SMILES string of the molecule is COC(=O)[C@H]1CC[C@H]2[C@@H]3CC[C@H]4NC(=O)C(Br)C[C@]4(C)[C@H]3CC[C@]12C. The lowest BCUT2D eigenvalue weighted by Gasteiger charge is -2.60. The molecule has 4 rings (SSSR count). The van der Waals surface area contributed by atoms with E-state index in [0.29, 0.717) is 23.8 Å². The van der Waals surface area contributed by atoms with Gasteiger partial charge in [-0.1, -0.05) is 29.8 Å². The molecule has 1 N–H and O–H groups in total. The molecule has 1 aliphatic heterocycles. The maximum absolute atomic E-state index is 12.3. The highest BCUT2D eigenvalue weighted by atomic mass is 79.9. The fourth-order valence-corrected chi connectivity index (χ4v) is 8.09. The van der Waals surface area contributed by atoms with Crippen LogP contribution in [0, 0.1) is 34.5 Å². The summed E-state index contributed by atoms with van der Waals surface area (Å²) in [6.45, 7) is 4.74. The summed E-state index contributed by atoms with van der Waals surface area (Å²) in [7, 11) is 1.53. The van der Waals surface area contributed by atoms with Gasteiger partial charge in [0.1, 0.15) is 0 Å². The van der Waals surface area contributed by atoms with Crippen molar-refractivity contribution in [1.82, 2.24) is 5.32 Å². The van der Waals surface area contributed by atoms with Gasteiger partial charge in [-0.3, -0.25) is 9.59 Å². The topological polar surface area (TPSA) is 55.4 Å². The van der Waals surface area contributed by atoms with E-state index < -0.39 is 0 Å². The van der Waals surface area contributed by atoms with E-state index in [4.69, 9.17) is 4.74 Å². The summed E-state index contributed by atoms with van der Waals surface area (Å²) in [5.41, 5.74) is 0.277. The zero-order chi connectivity index (χ0) is 18.0. The molecule has 0 aromatic rings. The number of esters is 1. The van der Waals surface area contributed by atoms with Gasteiger partial charge in [-0.25, -0.2) is 0 Å². The molecule has 0 spiro atoms. The summed E-state index contributed by atoms with van der Waals surface area (Å²) in [4.78, 5) is 24.4. The van der Waals surface area contributed by atoms with Gasteiger partial charge in [-0.05, 0) is 73.5 Å². The number of carbonyl (C=O) groups excluding carboxylic acids is 2. The van der Waals surface area contributed by atoms with Gasteiger partial charge in [0.05, 0.1) is 17.9 Å². The Balaban J connectivity index is 1.62. The lowest BCUT2D eigenvalue weighted by molar-refractivity contribution is -0.155. The molecule has 25 heavy (non-hydrogen) atoms. The first-order chi connectivity index (χ1) is 11.8. The van der Waals surface area contributed by atoms with Crippen molar-refractivity contribution < 1.29 is 14.3 Å². The third-order valence-corrected chi connectivity index (χ3v) is 9.31. The number of hydrogen-bond acceptors (Lipinski definition) is 3. The van der Waals surface area contributed by atoms with Crippen molar-refractivity contribution >= 4 is 27.8 Å². The van der Waals surface area contributed by atoms with Crippen molar-refractivity contribution in [2.75, 3.05) is 7.11 Å². The minimum Gasteiger partial charge on any atom is -0.469 e. The third kappa shape index (κ3) is 2.44. The Kier molecular flexibility index (Phi) is 4.25. The average Bonchev–Trinajstić information content (AvgIpc) is 2.93. The number of rotatable bonds is 1. The number of piperidine rings is 1. The number of halogens is 1. The van der Waals surface area contributed by atoms with Gasteiger partial charge >= 0.3 is 5.97 Å². The minimum absolute atomic E-state index is 0.00574. The van der Waals surface area contributed by atoms with E-state index in [-0.39, 0.29) is 33.5 Å². The molecule has 3 saturated carbocycles. The second kappa shape index (κ2) is 5.97. The van der Waals surface area contributed by atoms with Gasteiger partial charge in [0.25, 0.3) is 0 Å². The summed E-state index contributed by atoms with van der Waals surface area (Å²) in [6.07, 6.45) is 7.63. The number of ether oxygens (including phenoxy) is 1. The van der Waals surface area contributed by atoms with Crippen LogP contribution in [0.5, 0.6) is 0 Å². The number of hydrogen-bond donors (Lipinski definition) is 1. The van der Waals surface area contributed by atoms with E-state index in [1.807, 2.05) is 0 Å². The van der Waals surface area contributed by atoms with Crippen LogP contribution < -0.4 is 5.32 Å².